The molecule has 0 spiro atoms. The van der Waals surface area contributed by atoms with Gasteiger partial charge in [0.1, 0.15) is 5.82 Å². The minimum Gasteiger partial charge on any atom is -0.312 e. The van der Waals surface area contributed by atoms with E-state index in [4.69, 9.17) is 0 Å². The maximum absolute atomic E-state index is 4.56. The second-order valence-corrected chi connectivity index (χ2v) is 6.26. The van der Waals surface area contributed by atoms with E-state index in [0.29, 0.717) is 5.92 Å². The van der Waals surface area contributed by atoms with Crippen LogP contribution in [0.5, 0.6) is 0 Å². The molecule has 4 rings (SSSR count). The fourth-order valence-electron chi connectivity index (χ4n) is 3.80. The van der Waals surface area contributed by atoms with E-state index in [1.54, 1.807) is 0 Å². The molecule has 2 aromatic rings. The molecule has 0 aromatic carbocycles. The third-order valence-corrected chi connectivity index (χ3v) is 4.96. The van der Waals surface area contributed by atoms with Gasteiger partial charge in [-0.2, -0.15) is 0 Å². The molecule has 1 aliphatic heterocycles. The molecule has 3 heterocycles. The summed E-state index contributed by atoms with van der Waals surface area (Å²) in [6.07, 6.45) is 7.61. The van der Waals surface area contributed by atoms with E-state index >= 15 is 0 Å². The van der Waals surface area contributed by atoms with Crippen molar-refractivity contribution in [1.82, 2.24) is 25.1 Å². The Morgan fingerprint density at radius 3 is 2.90 bits per heavy atom. The molecule has 3 unspecified atom stereocenters. The van der Waals surface area contributed by atoms with E-state index in [2.05, 4.69) is 38.1 Å². The van der Waals surface area contributed by atoms with Gasteiger partial charge in [0.05, 0.1) is 6.04 Å². The molecule has 0 saturated heterocycles. The molecule has 2 aromatic heterocycles. The predicted octanol–water partition coefficient (Wildman–Crippen LogP) is 2.27. The van der Waals surface area contributed by atoms with Gasteiger partial charge in [0.25, 0.3) is 0 Å². The molecule has 0 radical (unpaired) electrons. The molecule has 3 atom stereocenters. The lowest BCUT2D eigenvalue weighted by atomic mass is 9.97. The van der Waals surface area contributed by atoms with E-state index < -0.39 is 0 Å². The fraction of sp³-hybridized carbons (Fsp3) is 0.562. The molecule has 5 nitrogen and oxygen atoms in total. The number of nitrogens with zero attached hydrogens (tertiary/aromatic N) is 4. The van der Waals surface area contributed by atoms with Crippen LogP contribution in [-0.2, 0) is 6.54 Å². The highest BCUT2D eigenvalue weighted by atomic mass is 15.3. The van der Waals surface area contributed by atoms with Crippen molar-refractivity contribution < 1.29 is 0 Å². The summed E-state index contributed by atoms with van der Waals surface area (Å²) in [6, 6.07) is 4.20. The first-order chi connectivity index (χ1) is 10.3. The van der Waals surface area contributed by atoms with Crippen molar-refractivity contribution in [2.24, 2.45) is 5.92 Å². The number of rotatable bonds is 2. The maximum atomic E-state index is 4.56. The van der Waals surface area contributed by atoms with Crippen LogP contribution < -0.4 is 5.32 Å². The Kier molecular flexibility index (Phi) is 3.22. The van der Waals surface area contributed by atoms with Crippen LogP contribution in [0.4, 0.5) is 0 Å². The quantitative estimate of drug-likeness (QED) is 0.918. The minimum absolute atomic E-state index is 0.116. The van der Waals surface area contributed by atoms with E-state index in [9.17, 15) is 0 Å². The van der Waals surface area contributed by atoms with E-state index in [0.717, 1.165) is 30.4 Å². The monoisotopic (exact) mass is 283 g/mol. The van der Waals surface area contributed by atoms with Gasteiger partial charge in [-0.3, -0.25) is 4.98 Å². The smallest absolute Gasteiger partial charge is 0.154 e. The van der Waals surface area contributed by atoms with Crippen LogP contribution in [0.1, 0.15) is 55.4 Å². The average molecular weight is 283 g/mol. The molecule has 21 heavy (non-hydrogen) atoms. The lowest BCUT2D eigenvalue weighted by Gasteiger charge is -2.26. The zero-order valence-electron chi connectivity index (χ0n) is 12.4. The summed E-state index contributed by atoms with van der Waals surface area (Å²) in [4.78, 5) is 4.23. The third kappa shape index (κ3) is 2.16. The van der Waals surface area contributed by atoms with Crippen LogP contribution >= 0.6 is 0 Å². The molecular weight excluding hydrogens is 262 g/mol. The van der Waals surface area contributed by atoms with E-state index in [1.165, 1.54) is 25.1 Å². The van der Waals surface area contributed by atoms with Crippen LogP contribution in [0.2, 0.25) is 0 Å². The lowest BCUT2D eigenvalue weighted by molar-refractivity contribution is 0.421. The second kappa shape index (κ2) is 5.22. The van der Waals surface area contributed by atoms with Gasteiger partial charge in [0.2, 0.25) is 0 Å². The third-order valence-electron chi connectivity index (χ3n) is 4.96. The number of fused-ring (bicyclic) bond motifs is 1. The Morgan fingerprint density at radius 2 is 2.14 bits per heavy atom. The van der Waals surface area contributed by atoms with Crippen LogP contribution in [0.3, 0.4) is 0 Å². The van der Waals surface area contributed by atoms with Crippen LogP contribution in [0.25, 0.3) is 0 Å². The Balaban J connectivity index is 1.72. The van der Waals surface area contributed by atoms with Crippen LogP contribution in [0.15, 0.2) is 24.5 Å². The Morgan fingerprint density at radius 1 is 1.24 bits per heavy atom. The molecule has 1 fully saturated rings. The zero-order chi connectivity index (χ0) is 14.2. The summed E-state index contributed by atoms with van der Waals surface area (Å²) in [7, 11) is 0. The van der Waals surface area contributed by atoms with Gasteiger partial charge in [-0.25, -0.2) is 0 Å². The Hall–Kier alpha value is -1.75. The molecule has 0 bridgehead atoms. The topological polar surface area (TPSA) is 55.6 Å². The highest BCUT2D eigenvalue weighted by Gasteiger charge is 2.33. The van der Waals surface area contributed by atoms with Gasteiger partial charge in [0.15, 0.2) is 5.82 Å². The number of aromatic nitrogens is 4. The summed E-state index contributed by atoms with van der Waals surface area (Å²) in [5.74, 6) is 3.55. The highest BCUT2D eigenvalue weighted by molar-refractivity contribution is 5.24. The molecule has 0 amide bonds. The Bertz CT molecular complexity index is 621. The molecular formula is C16H21N5. The van der Waals surface area contributed by atoms with Crippen molar-refractivity contribution in [3.8, 4) is 0 Å². The number of hydrogen-bond donors (Lipinski definition) is 1. The standard InChI is InChI=1S/C16H21N5/c1-11-4-2-6-13(11)15-19-20-16-14(18-8-9-21(15)16)12-5-3-7-17-10-12/h3,5,7,10-11,13-14,18H,2,4,6,8-9H2,1H3. The van der Waals surface area contributed by atoms with Gasteiger partial charge in [-0.15, -0.1) is 10.2 Å². The van der Waals surface area contributed by atoms with Gasteiger partial charge >= 0.3 is 0 Å². The fourth-order valence-corrected chi connectivity index (χ4v) is 3.80. The normalized spacial score (nSPS) is 28.5. The van der Waals surface area contributed by atoms with Crippen molar-refractivity contribution in [2.75, 3.05) is 6.54 Å². The zero-order valence-corrected chi connectivity index (χ0v) is 12.4. The van der Waals surface area contributed by atoms with Crippen LogP contribution in [0, 0.1) is 5.92 Å². The number of pyridine rings is 1. The molecule has 2 aliphatic rings. The largest absolute Gasteiger partial charge is 0.312 e. The van der Waals surface area contributed by atoms with Crippen molar-refractivity contribution in [3.63, 3.8) is 0 Å². The van der Waals surface area contributed by atoms with E-state index in [-0.39, 0.29) is 6.04 Å². The number of nitrogens with one attached hydrogen (secondary N) is 1. The van der Waals surface area contributed by atoms with Crippen molar-refractivity contribution in [1.29, 1.82) is 0 Å². The molecule has 1 saturated carbocycles. The highest BCUT2D eigenvalue weighted by Crippen LogP contribution is 2.39. The molecule has 110 valence electrons. The summed E-state index contributed by atoms with van der Waals surface area (Å²) < 4.78 is 2.35. The van der Waals surface area contributed by atoms with Gasteiger partial charge in [-0.1, -0.05) is 19.4 Å². The summed E-state index contributed by atoms with van der Waals surface area (Å²) in [5, 5.41) is 12.6. The van der Waals surface area contributed by atoms with E-state index in [1.807, 2.05) is 18.5 Å². The molecule has 1 N–H and O–H groups in total. The average Bonchev–Trinajstić information content (AvgIpc) is 3.13. The van der Waals surface area contributed by atoms with Gasteiger partial charge < -0.3 is 9.88 Å². The van der Waals surface area contributed by atoms with Crippen molar-refractivity contribution >= 4 is 0 Å². The van der Waals surface area contributed by atoms with Crippen LogP contribution in [-0.4, -0.2) is 26.3 Å². The van der Waals surface area contributed by atoms with Crippen molar-refractivity contribution in [3.05, 3.63) is 41.7 Å². The SMILES string of the molecule is CC1CCCC1c1nnc2n1CCNC2c1cccnc1. The minimum atomic E-state index is 0.116. The van der Waals surface area contributed by atoms with Gasteiger partial charge in [0, 0.05) is 31.4 Å². The van der Waals surface area contributed by atoms with Crippen molar-refractivity contribution in [2.45, 2.75) is 44.7 Å². The first-order valence-corrected chi connectivity index (χ1v) is 7.91. The second-order valence-electron chi connectivity index (χ2n) is 6.26. The molecule has 5 heteroatoms. The first-order valence-electron chi connectivity index (χ1n) is 7.91. The number of hydrogen-bond acceptors (Lipinski definition) is 4. The Labute approximate surface area is 124 Å². The summed E-state index contributed by atoms with van der Waals surface area (Å²) in [6.45, 7) is 4.27. The van der Waals surface area contributed by atoms with Gasteiger partial charge in [-0.05, 0) is 30.4 Å². The molecule has 1 aliphatic carbocycles. The lowest BCUT2D eigenvalue weighted by Crippen LogP contribution is -2.35. The first kappa shape index (κ1) is 13.0. The predicted molar refractivity (Wildman–Crippen MR) is 79.9 cm³/mol. The maximum Gasteiger partial charge on any atom is 0.154 e. The summed E-state index contributed by atoms with van der Waals surface area (Å²) >= 11 is 0. The summed E-state index contributed by atoms with van der Waals surface area (Å²) in [5.41, 5.74) is 1.16.